The highest BCUT2D eigenvalue weighted by atomic mass is 16.5. The number of carbonyl (C=O) groups is 1. The van der Waals surface area contributed by atoms with Gasteiger partial charge in [0.15, 0.2) is 0 Å². The predicted octanol–water partition coefficient (Wildman–Crippen LogP) is 2.75. The number of nitrogens with zero attached hydrogens (tertiary/aromatic N) is 2. The highest BCUT2D eigenvalue weighted by Gasteiger charge is 2.23. The molecule has 0 radical (unpaired) electrons. The van der Waals surface area contributed by atoms with Crippen molar-refractivity contribution in [2.24, 2.45) is 0 Å². The van der Waals surface area contributed by atoms with E-state index in [-0.39, 0.29) is 11.6 Å². The first-order valence-electron chi connectivity index (χ1n) is 11.4. The highest BCUT2D eigenvalue weighted by Crippen LogP contribution is 2.25. The maximum atomic E-state index is 13.0. The van der Waals surface area contributed by atoms with E-state index in [2.05, 4.69) is 32.5 Å². The standard InChI is InChI=1S/C24H33N5O3/c1-28-13-15-29(16-14-28)19-7-3-18(4-8-19)27-24(31)22-21(11-12-25-23(22)30)26-17-5-9-20(32-2)10-6-17/h3-4,7-8,11-12,17,20H,5-6,9-10,13-16H2,1-2H3,(H,27,31)(H2,25,26,30). The Labute approximate surface area is 188 Å². The van der Waals surface area contributed by atoms with Crippen molar-refractivity contribution in [3.05, 3.63) is 52.4 Å². The first-order valence-corrected chi connectivity index (χ1v) is 11.4. The molecule has 32 heavy (non-hydrogen) atoms. The number of carbonyl (C=O) groups excluding carboxylic acids is 1. The van der Waals surface area contributed by atoms with Gasteiger partial charge in [-0.25, -0.2) is 0 Å². The van der Waals surface area contributed by atoms with Gasteiger partial charge in [0.25, 0.3) is 11.5 Å². The number of aromatic amines is 1. The maximum Gasteiger partial charge on any atom is 0.263 e. The van der Waals surface area contributed by atoms with Gasteiger partial charge in [-0.15, -0.1) is 0 Å². The summed E-state index contributed by atoms with van der Waals surface area (Å²) >= 11 is 0. The van der Waals surface area contributed by atoms with Gasteiger partial charge < -0.3 is 30.2 Å². The number of amides is 1. The fraction of sp³-hybridized carbons (Fsp3) is 0.500. The lowest BCUT2D eigenvalue weighted by Crippen LogP contribution is -2.44. The molecule has 1 amide bonds. The molecule has 172 valence electrons. The number of benzene rings is 1. The second-order valence-corrected chi connectivity index (χ2v) is 8.74. The third-order valence-corrected chi connectivity index (χ3v) is 6.55. The quantitative estimate of drug-likeness (QED) is 0.641. The summed E-state index contributed by atoms with van der Waals surface area (Å²) in [5.74, 6) is -0.410. The molecule has 0 atom stereocenters. The van der Waals surface area contributed by atoms with Crippen molar-refractivity contribution in [2.75, 3.05) is 55.9 Å². The first-order chi connectivity index (χ1) is 15.5. The van der Waals surface area contributed by atoms with E-state index in [0.29, 0.717) is 17.5 Å². The molecule has 3 N–H and O–H groups in total. The Morgan fingerprint density at radius 1 is 1.03 bits per heavy atom. The van der Waals surface area contributed by atoms with Crippen LogP contribution in [0.25, 0.3) is 0 Å². The number of anilines is 3. The summed E-state index contributed by atoms with van der Waals surface area (Å²) in [5, 5.41) is 6.29. The van der Waals surface area contributed by atoms with E-state index in [1.165, 1.54) is 0 Å². The SMILES string of the molecule is COC1CCC(Nc2cc[nH]c(=O)c2C(=O)Nc2ccc(N3CCN(C)CC3)cc2)CC1. The molecule has 1 aromatic heterocycles. The zero-order chi connectivity index (χ0) is 22.5. The van der Waals surface area contributed by atoms with Gasteiger partial charge in [0.1, 0.15) is 5.56 Å². The maximum absolute atomic E-state index is 13.0. The zero-order valence-electron chi connectivity index (χ0n) is 18.9. The van der Waals surface area contributed by atoms with Crippen molar-refractivity contribution >= 4 is 23.0 Å². The number of nitrogens with one attached hydrogen (secondary N) is 3. The number of hydrogen-bond donors (Lipinski definition) is 3. The molecule has 1 saturated heterocycles. The van der Waals surface area contributed by atoms with E-state index < -0.39 is 11.5 Å². The summed E-state index contributed by atoms with van der Waals surface area (Å²) in [6, 6.07) is 9.80. The predicted molar refractivity (Wildman–Crippen MR) is 128 cm³/mol. The van der Waals surface area contributed by atoms with Crippen LogP contribution in [0.3, 0.4) is 0 Å². The average molecular weight is 440 g/mol. The Morgan fingerprint density at radius 2 is 1.72 bits per heavy atom. The Morgan fingerprint density at radius 3 is 2.38 bits per heavy atom. The Kier molecular flexibility index (Phi) is 7.12. The van der Waals surface area contributed by atoms with Crippen LogP contribution in [-0.2, 0) is 4.74 Å². The number of pyridine rings is 1. The van der Waals surface area contributed by atoms with Crippen LogP contribution in [-0.4, -0.2) is 68.3 Å². The highest BCUT2D eigenvalue weighted by molar-refractivity contribution is 6.07. The fourth-order valence-electron chi connectivity index (χ4n) is 4.50. The Bertz CT molecular complexity index is 958. The summed E-state index contributed by atoms with van der Waals surface area (Å²) in [7, 11) is 3.88. The van der Waals surface area contributed by atoms with Gasteiger partial charge in [-0.3, -0.25) is 9.59 Å². The van der Waals surface area contributed by atoms with Crippen LogP contribution in [0.15, 0.2) is 41.3 Å². The Balaban J connectivity index is 1.42. The summed E-state index contributed by atoms with van der Waals surface area (Å²) in [6.45, 7) is 4.06. The minimum atomic E-state index is -0.410. The molecule has 8 heteroatoms. The van der Waals surface area contributed by atoms with Gasteiger partial charge in [0.2, 0.25) is 0 Å². The third kappa shape index (κ3) is 5.31. The second-order valence-electron chi connectivity index (χ2n) is 8.74. The lowest BCUT2D eigenvalue weighted by Gasteiger charge is -2.34. The summed E-state index contributed by atoms with van der Waals surface area (Å²) < 4.78 is 5.44. The molecule has 1 aliphatic carbocycles. The van der Waals surface area contributed by atoms with Crippen molar-refractivity contribution in [1.82, 2.24) is 9.88 Å². The molecule has 0 unspecified atom stereocenters. The van der Waals surface area contributed by atoms with Crippen molar-refractivity contribution < 1.29 is 9.53 Å². The minimum Gasteiger partial charge on any atom is -0.381 e. The average Bonchev–Trinajstić information content (AvgIpc) is 2.81. The number of methoxy groups -OCH3 is 1. The van der Waals surface area contributed by atoms with Crippen molar-refractivity contribution in [1.29, 1.82) is 0 Å². The van der Waals surface area contributed by atoms with Gasteiger partial charge in [-0.1, -0.05) is 0 Å². The third-order valence-electron chi connectivity index (χ3n) is 6.55. The fourth-order valence-corrected chi connectivity index (χ4v) is 4.50. The number of H-pyrrole nitrogens is 1. The van der Waals surface area contributed by atoms with E-state index in [0.717, 1.165) is 57.5 Å². The molecule has 1 saturated carbocycles. The number of likely N-dealkylation sites (N-methyl/N-ethyl adjacent to an activating group) is 1. The van der Waals surface area contributed by atoms with Crippen LogP contribution < -0.4 is 21.1 Å². The lowest BCUT2D eigenvalue weighted by atomic mass is 9.92. The number of rotatable bonds is 6. The molecule has 0 bridgehead atoms. The van der Waals surface area contributed by atoms with E-state index >= 15 is 0 Å². The van der Waals surface area contributed by atoms with E-state index in [4.69, 9.17) is 4.74 Å². The van der Waals surface area contributed by atoms with Crippen LogP contribution in [0.2, 0.25) is 0 Å². The molecule has 1 aliphatic heterocycles. The molecular weight excluding hydrogens is 406 g/mol. The largest absolute Gasteiger partial charge is 0.381 e. The molecule has 4 rings (SSSR count). The number of piperazine rings is 1. The van der Waals surface area contributed by atoms with Gasteiger partial charge in [-0.05, 0) is 63.1 Å². The van der Waals surface area contributed by atoms with E-state index in [9.17, 15) is 9.59 Å². The topological polar surface area (TPSA) is 89.7 Å². The molecule has 2 heterocycles. The van der Waals surface area contributed by atoms with Crippen LogP contribution in [0.1, 0.15) is 36.0 Å². The number of ether oxygens (including phenoxy) is 1. The van der Waals surface area contributed by atoms with Crippen LogP contribution >= 0.6 is 0 Å². The first kappa shape index (κ1) is 22.4. The molecule has 1 aromatic carbocycles. The van der Waals surface area contributed by atoms with Gasteiger partial charge >= 0.3 is 0 Å². The minimum absolute atomic E-state index is 0.115. The second kappa shape index (κ2) is 10.2. The molecule has 2 aliphatic rings. The lowest BCUT2D eigenvalue weighted by molar-refractivity contribution is 0.0681. The van der Waals surface area contributed by atoms with Crippen molar-refractivity contribution in [3.63, 3.8) is 0 Å². The van der Waals surface area contributed by atoms with Gasteiger partial charge in [-0.2, -0.15) is 0 Å². The normalized spacial score (nSPS) is 21.9. The molecular formula is C24H33N5O3. The summed E-state index contributed by atoms with van der Waals surface area (Å²) in [5.41, 5.74) is 2.10. The monoisotopic (exact) mass is 439 g/mol. The smallest absolute Gasteiger partial charge is 0.263 e. The molecule has 2 fully saturated rings. The van der Waals surface area contributed by atoms with Gasteiger partial charge in [0, 0.05) is 56.9 Å². The number of hydrogen-bond acceptors (Lipinski definition) is 6. The summed E-state index contributed by atoms with van der Waals surface area (Å²) in [6.07, 6.45) is 5.70. The molecule has 2 aromatic rings. The number of aromatic nitrogens is 1. The van der Waals surface area contributed by atoms with Crippen LogP contribution in [0, 0.1) is 0 Å². The Hall–Kier alpha value is -2.84. The zero-order valence-corrected chi connectivity index (χ0v) is 18.9. The van der Waals surface area contributed by atoms with Crippen LogP contribution in [0.5, 0.6) is 0 Å². The van der Waals surface area contributed by atoms with E-state index in [1.54, 1.807) is 19.4 Å². The summed E-state index contributed by atoms with van der Waals surface area (Å²) in [4.78, 5) is 32.8. The van der Waals surface area contributed by atoms with Crippen molar-refractivity contribution in [3.8, 4) is 0 Å². The van der Waals surface area contributed by atoms with Gasteiger partial charge in [0.05, 0.1) is 11.8 Å². The molecule has 8 nitrogen and oxygen atoms in total. The van der Waals surface area contributed by atoms with Crippen molar-refractivity contribution in [2.45, 2.75) is 37.8 Å². The molecule has 0 spiro atoms. The van der Waals surface area contributed by atoms with Crippen LogP contribution in [0.4, 0.5) is 17.1 Å². The van der Waals surface area contributed by atoms with E-state index in [1.807, 2.05) is 24.3 Å².